The maximum Gasteiger partial charge on any atom is 0.330 e. The second-order valence-electron chi connectivity index (χ2n) is 3.54. The highest BCUT2D eigenvalue weighted by Crippen LogP contribution is 2.19. The topological polar surface area (TPSA) is 29.5 Å². The molecule has 3 nitrogen and oxygen atoms in total. The first kappa shape index (κ1) is 12.3. The van der Waals surface area contributed by atoms with E-state index in [1.54, 1.807) is 13.0 Å². The van der Waals surface area contributed by atoms with Gasteiger partial charge in [0, 0.05) is 25.9 Å². The molecule has 0 aromatic heterocycles. The van der Waals surface area contributed by atoms with Crippen molar-refractivity contribution in [3.8, 4) is 0 Å². The lowest BCUT2D eigenvalue weighted by atomic mass is 10.1. The number of carbonyl (C=O) groups excluding carboxylic acids is 1. The van der Waals surface area contributed by atoms with Gasteiger partial charge in [0.15, 0.2) is 0 Å². The van der Waals surface area contributed by atoms with Gasteiger partial charge in [-0.1, -0.05) is 18.2 Å². The number of ether oxygens (including phenoxy) is 1. The molecule has 0 N–H and O–H groups in total. The summed E-state index contributed by atoms with van der Waals surface area (Å²) in [5.41, 5.74) is 2.07. The van der Waals surface area contributed by atoms with E-state index >= 15 is 0 Å². The normalized spacial score (nSPS) is 10.4. The first-order chi connectivity index (χ1) is 7.65. The molecular weight excluding hydrogens is 202 g/mol. The number of nitrogens with zero attached hydrogens (tertiary/aromatic N) is 1. The number of anilines is 1. The highest BCUT2D eigenvalue weighted by molar-refractivity contribution is 5.88. The Morgan fingerprint density at radius 2 is 2.06 bits per heavy atom. The predicted molar refractivity (Wildman–Crippen MR) is 66.4 cm³/mol. The summed E-state index contributed by atoms with van der Waals surface area (Å²) in [6.07, 6.45) is 3.22. The van der Waals surface area contributed by atoms with Crippen LogP contribution in [0.3, 0.4) is 0 Å². The Bertz CT molecular complexity index is 383. The zero-order valence-corrected chi connectivity index (χ0v) is 9.93. The second-order valence-corrected chi connectivity index (χ2v) is 3.54. The van der Waals surface area contributed by atoms with Gasteiger partial charge in [-0.2, -0.15) is 0 Å². The molecule has 0 radical (unpaired) electrons. The van der Waals surface area contributed by atoms with Crippen molar-refractivity contribution < 1.29 is 9.53 Å². The van der Waals surface area contributed by atoms with Crippen molar-refractivity contribution in [3.63, 3.8) is 0 Å². The SMILES string of the molecule is CCOC(=O)C=Cc1ccccc1N(C)C. The number of hydrogen-bond acceptors (Lipinski definition) is 3. The molecule has 0 heterocycles. The Kier molecular flexibility index (Phi) is 4.58. The average molecular weight is 219 g/mol. The van der Waals surface area contributed by atoms with Crippen molar-refractivity contribution in [2.24, 2.45) is 0 Å². The molecule has 0 fully saturated rings. The van der Waals surface area contributed by atoms with Crippen molar-refractivity contribution in [2.45, 2.75) is 6.92 Å². The zero-order chi connectivity index (χ0) is 12.0. The summed E-state index contributed by atoms with van der Waals surface area (Å²) in [7, 11) is 3.94. The third-order valence-electron chi connectivity index (χ3n) is 2.10. The summed E-state index contributed by atoms with van der Waals surface area (Å²) in [6, 6.07) is 7.88. The molecule has 16 heavy (non-hydrogen) atoms. The van der Waals surface area contributed by atoms with Gasteiger partial charge < -0.3 is 9.64 Å². The molecule has 1 rings (SSSR count). The number of carbonyl (C=O) groups is 1. The minimum atomic E-state index is -0.309. The molecule has 0 spiro atoms. The van der Waals surface area contributed by atoms with Gasteiger partial charge in [-0.25, -0.2) is 4.79 Å². The summed E-state index contributed by atoms with van der Waals surface area (Å²) < 4.78 is 4.82. The van der Waals surface area contributed by atoms with Crippen LogP contribution in [0.25, 0.3) is 6.08 Å². The summed E-state index contributed by atoms with van der Waals surface area (Å²) in [4.78, 5) is 13.2. The number of para-hydroxylation sites is 1. The Morgan fingerprint density at radius 3 is 2.69 bits per heavy atom. The Labute approximate surface area is 96.3 Å². The largest absolute Gasteiger partial charge is 0.463 e. The standard InChI is InChI=1S/C13H17NO2/c1-4-16-13(15)10-9-11-7-5-6-8-12(11)14(2)3/h5-10H,4H2,1-3H3. The van der Waals surface area contributed by atoms with Gasteiger partial charge >= 0.3 is 5.97 Å². The van der Waals surface area contributed by atoms with E-state index in [2.05, 4.69) is 0 Å². The van der Waals surface area contributed by atoms with Crippen molar-refractivity contribution in [1.82, 2.24) is 0 Å². The quantitative estimate of drug-likeness (QED) is 0.575. The highest BCUT2D eigenvalue weighted by Gasteiger charge is 2.01. The lowest BCUT2D eigenvalue weighted by Gasteiger charge is -2.15. The number of benzene rings is 1. The van der Waals surface area contributed by atoms with E-state index in [0.717, 1.165) is 11.3 Å². The van der Waals surface area contributed by atoms with Crippen LogP contribution in [-0.2, 0) is 9.53 Å². The van der Waals surface area contributed by atoms with Gasteiger partial charge in [-0.3, -0.25) is 0 Å². The van der Waals surface area contributed by atoms with Crippen LogP contribution in [0.5, 0.6) is 0 Å². The van der Waals surface area contributed by atoms with Crippen LogP contribution in [0, 0.1) is 0 Å². The van der Waals surface area contributed by atoms with Crippen molar-refractivity contribution in [2.75, 3.05) is 25.6 Å². The fourth-order valence-electron chi connectivity index (χ4n) is 1.38. The van der Waals surface area contributed by atoms with Crippen LogP contribution in [0.1, 0.15) is 12.5 Å². The molecule has 0 aliphatic heterocycles. The van der Waals surface area contributed by atoms with E-state index in [1.807, 2.05) is 43.3 Å². The first-order valence-electron chi connectivity index (χ1n) is 5.26. The van der Waals surface area contributed by atoms with Gasteiger partial charge in [-0.05, 0) is 24.6 Å². The predicted octanol–water partition coefficient (Wildman–Crippen LogP) is 2.33. The van der Waals surface area contributed by atoms with E-state index in [-0.39, 0.29) is 5.97 Å². The summed E-state index contributed by atoms with van der Waals surface area (Å²) in [5, 5.41) is 0. The van der Waals surface area contributed by atoms with Gasteiger partial charge in [0.05, 0.1) is 6.61 Å². The van der Waals surface area contributed by atoms with Gasteiger partial charge in [-0.15, -0.1) is 0 Å². The molecular formula is C13H17NO2. The van der Waals surface area contributed by atoms with Gasteiger partial charge in [0.2, 0.25) is 0 Å². The van der Waals surface area contributed by atoms with Crippen LogP contribution in [-0.4, -0.2) is 26.7 Å². The maximum absolute atomic E-state index is 11.2. The second kappa shape index (κ2) is 5.95. The highest BCUT2D eigenvalue weighted by atomic mass is 16.5. The van der Waals surface area contributed by atoms with Gasteiger partial charge in [0.1, 0.15) is 0 Å². The lowest BCUT2D eigenvalue weighted by molar-refractivity contribution is -0.137. The smallest absolute Gasteiger partial charge is 0.330 e. The third-order valence-corrected chi connectivity index (χ3v) is 2.10. The molecule has 0 aliphatic carbocycles. The Morgan fingerprint density at radius 1 is 1.38 bits per heavy atom. The minimum Gasteiger partial charge on any atom is -0.463 e. The molecule has 0 saturated heterocycles. The van der Waals surface area contributed by atoms with E-state index in [0.29, 0.717) is 6.61 Å². The summed E-state index contributed by atoms with van der Waals surface area (Å²) >= 11 is 0. The van der Waals surface area contributed by atoms with Crippen molar-refractivity contribution >= 4 is 17.7 Å². The summed E-state index contributed by atoms with van der Waals surface area (Å²) in [5.74, 6) is -0.309. The average Bonchev–Trinajstić information content (AvgIpc) is 2.27. The fraction of sp³-hybridized carbons (Fsp3) is 0.308. The maximum atomic E-state index is 11.2. The first-order valence-corrected chi connectivity index (χ1v) is 5.26. The molecule has 0 bridgehead atoms. The van der Waals surface area contributed by atoms with E-state index in [4.69, 9.17) is 4.74 Å². The third kappa shape index (κ3) is 3.42. The molecule has 1 aromatic carbocycles. The molecule has 0 saturated carbocycles. The molecule has 3 heteroatoms. The molecule has 0 amide bonds. The van der Waals surface area contributed by atoms with E-state index in [9.17, 15) is 4.79 Å². The fourth-order valence-corrected chi connectivity index (χ4v) is 1.38. The Hall–Kier alpha value is -1.77. The van der Waals surface area contributed by atoms with Crippen LogP contribution in [0.2, 0.25) is 0 Å². The van der Waals surface area contributed by atoms with Crippen LogP contribution >= 0.6 is 0 Å². The molecule has 0 atom stereocenters. The lowest BCUT2D eigenvalue weighted by Crippen LogP contribution is -2.09. The number of hydrogen-bond donors (Lipinski definition) is 0. The molecule has 1 aromatic rings. The zero-order valence-electron chi connectivity index (χ0n) is 9.93. The Balaban J connectivity index is 2.84. The molecule has 0 unspecified atom stereocenters. The van der Waals surface area contributed by atoms with Crippen LogP contribution in [0.4, 0.5) is 5.69 Å². The van der Waals surface area contributed by atoms with Gasteiger partial charge in [0.25, 0.3) is 0 Å². The number of esters is 1. The minimum absolute atomic E-state index is 0.309. The van der Waals surface area contributed by atoms with Crippen LogP contribution in [0.15, 0.2) is 30.3 Å². The van der Waals surface area contributed by atoms with Crippen molar-refractivity contribution in [3.05, 3.63) is 35.9 Å². The summed E-state index contributed by atoms with van der Waals surface area (Å²) in [6.45, 7) is 2.19. The van der Waals surface area contributed by atoms with Crippen molar-refractivity contribution in [1.29, 1.82) is 0 Å². The monoisotopic (exact) mass is 219 g/mol. The molecule has 86 valence electrons. The van der Waals surface area contributed by atoms with E-state index in [1.165, 1.54) is 6.08 Å². The molecule has 0 aliphatic rings. The number of rotatable bonds is 4. The van der Waals surface area contributed by atoms with Crippen LogP contribution < -0.4 is 4.90 Å². The van der Waals surface area contributed by atoms with E-state index < -0.39 is 0 Å².